The van der Waals surface area contributed by atoms with Gasteiger partial charge in [-0.1, -0.05) is 41.5 Å². The Morgan fingerprint density at radius 2 is 1.60 bits per heavy atom. The molecule has 5 heteroatoms. The molecule has 1 unspecified atom stereocenters. The van der Waals surface area contributed by atoms with E-state index in [0.29, 0.717) is 23.0 Å². The number of likely N-dealkylation sites (N-methyl/N-ethyl adjacent to an activating group) is 1. The monoisotopic (exact) mass is 363 g/mol. The van der Waals surface area contributed by atoms with Crippen LogP contribution in [0.15, 0.2) is 17.0 Å². The summed E-state index contributed by atoms with van der Waals surface area (Å²) in [6, 6.07) is 3.80. The van der Waals surface area contributed by atoms with Crippen LogP contribution >= 0.6 is 0 Å². The van der Waals surface area contributed by atoms with Crippen LogP contribution in [-0.2, 0) is 26.8 Å². The number of hydrogen-bond donors (Lipinski definition) is 1. The van der Waals surface area contributed by atoms with E-state index in [-0.39, 0.29) is 16.7 Å². The van der Waals surface area contributed by atoms with Gasteiger partial charge in [-0.25, -0.2) is 0 Å². The Morgan fingerprint density at radius 1 is 1.12 bits per heavy atom. The smallest absolute Gasteiger partial charge is 0.301 e. The molecule has 0 radical (unpaired) electrons. The third-order valence-corrected chi connectivity index (χ3v) is 5.80. The molecule has 1 aliphatic heterocycles. The zero-order valence-electron chi connectivity index (χ0n) is 16.3. The van der Waals surface area contributed by atoms with Crippen LogP contribution in [0.25, 0.3) is 6.08 Å². The molecule has 1 amide bonds. The number of phenolic OH excluding ortho intramolecular Hbond substituents is 1. The minimum Gasteiger partial charge on any atom is -0.611 e. The number of carbonyl (C=O) groups excluding carboxylic acids is 1. The predicted molar refractivity (Wildman–Crippen MR) is 104 cm³/mol. The van der Waals surface area contributed by atoms with Gasteiger partial charge in [0.25, 0.3) is 0 Å². The van der Waals surface area contributed by atoms with Crippen molar-refractivity contribution in [2.24, 2.45) is 0 Å². The van der Waals surface area contributed by atoms with Crippen molar-refractivity contribution in [3.63, 3.8) is 0 Å². The quantitative estimate of drug-likeness (QED) is 0.613. The van der Waals surface area contributed by atoms with Gasteiger partial charge in [0, 0.05) is 24.3 Å². The van der Waals surface area contributed by atoms with E-state index in [2.05, 4.69) is 0 Å². The fourth-order valence-corrected chi connectivity index (χ4v) is 4.16. The Morgan fingerprint density at radius 3 is 2.04 bits per heavy atom. The van der Waals surface area contributed by atoms with Gasteiger partial charge in [-0.05, 0) is 39.7 Å². The van der Waals surface area contributed by atoms with E-state index in [0.717, 1.165) is 16.7 Å². The van der Waals surface area contributed by atoms with Crippen LogP contribution in [0.1, 0.15) is 58.2 Å². The fourth-order valence-electron chi connectivity index (χ4n) is 2.88. The second-order valence-electron chi connectivity index (χ2n) is 8.75. The Bertz CT molecular complexity index is 676. The molecule has 1 saturated heterocycles. The van der Waals surface area contributed by atoms with Gasteiger partial charge >= 0.3 is 5.91 Å². The first-order chi connectivity index (χ1) is 11.3. The maximum Gasteiger partial charge on any atom is 0.301 e. The highest BCUT2D eigenvalue weighted by molar-refractivity contribution is 7.96. The molecule has 25 heavy (non-hydrogen) atoms. The highest BCUT2D eigenvalue weighted by Gasteiger charge is 2.33. The molecule has 0 aliphatic carbocycles. The molecule has 0 aromatic heterocycles. The molecule has 4 nitrogen and oxygen atoms in total. The minimum atomic E-state index is -1.28. The fraction of sp³-hybridized carbons (Fsp3) is 0.550. The second-order valence-corrected chi connectivity index (χ2v) is 10.3. The summed E-state index contributed by atoms with van der Waals surface area (Å²) in [5.74, 6) is 0.576. The van der Waals surface area contributed by atoms with Crippen molar-refractivity contribution in [3.05, 3.63) is 33.7 Å². The largest absolute Gasteiger partial charge is 0.611 e. The Hall–Kier alpha value is -1.46. The minimum absolute atomic E-state index is 0.188. The molecule has 1 aromatic carbocycles. The molecule has 0 spiro atoms. The number of rotatable bonds is 1. The lowest BCUT2D eigenvalue weighted by atomic mass is 9.78. The van der Waals surface area contributed by atoms with E-state index in [1.807, 2.05) is 53.7 Å². The molecular formula is C20H29NO3S. The molecule has 1 atom stereocenters. The van der Waals surface area contributed by atoms with Crippen molar-refractivity contribution in [1.29, 1.82) is 0 Å². The summed E-state index contributed by atoms with van der Waals surface area (Å²) in [4.78, 5) is 14.3. The number of aromatic hydroxyl groups is 1. The van der Waals surface area contributed by atoms with Gasteiger partial charge in [0.1, 0.15) is 11.5 Å². The SMILES string of the molecule is CN1CC[S+]([O-])C(=Cc2cc(C(C)(C)C)c(O)c(C(C)(C)C)c2)C1=O. The first kappa shape index (κ1) is 19.9. The Balaban J connectivity index is 2.66. The van der Waals surface area contributed by atoms with Gasteiger partial charge in [-0.2, -0.15) is 0 Å². The van der Waals surface area contributed by atoms with Crippen molar-refractivity contribution in [2.75, 3.05) is 19.3 Å². The van der Waals surface area contributed by atoms with Crippen LogP contribution < -0.4 is 0 Å². The van der Waals surface area contributed by atoms with Gasteiger partial charge in [-0.3, -0.25) is 4.79 Å². The van der Waals surface area contributed by atoms with Gasteiger partial charge in [0.15, 0.2) is 0 Å². The van der Waals surface area contributed by atoms with Crippen molar-refractivity contribution in [1.82, 2.24) is 4.90 Å². The first-order valence-corrected chi connectivity index (χ1v) is 9.88. The van der Waals surface area contributed by atoms with E-state index in [1.165, 1.54) is 0 Å². The third-order valence-electron chi connectivity index (χ3n) is 4.46. The zero-order valence-corrected chi connectivity index (χ0v) is 17.1. The summed E-state index contributed by atoms with van der Waals surface area (Å²) < 4.78 is 12.3. The lowest BCUT2D eigenvalue weighted by Crippen LogP contribution is -2.40. The maximum absolute atomic E-state index is 12.4. The topological polar surface area (TPSA) is 63.6 Å². The first-order valence-electron chi connectivity index (χ1n) is 8.56. The third kappa shape index (κ3) is 4.21. The molecule has 2 rings (SSSR count). The van der Waals surface area contributed by atoms with Gasteiger partial charge in [0.2, 0.25) is 4.91 Å². The number of nitrogens with zero attached hydrogens (tertiary/aromatic N) is 1. The molecule has 1 aliphatic rings. The number of carbonyl (C=O) groups is 1. The number of benzene rings is 1. The Kier molecular flexibility index (Phi) is 5.31. The van der Waals surface area contributed by atoms with Crippen LogP contribution in [0.2, 0.25) is 0 Å². The average Bonchev–Trinajstić information content (AvgIpc) is 2.46. The van der Waals surface area contributed by atoms with Crippen molar-refractivity contribution >= 4 is 23.2 Å². The van der Waals surface area contributed by atoms with Crippen molar-refractivity contribution in [2.45, 2.75) is 52.4 Å². The molecule has 0 bridgehead atoms. The average molecular weight is 364 g/mol. The van der Waals surface area contributed by atoms with Gasteiger partial charge < -0.3 is 14.6 Å². The van der Waals surface area contributed by atoms with E-state index in [1.54, 1.807) is 18.0 Å². The van der Waals surface area contributed by atoms with E-state index in [4.69, 9.17) is 0 Å². The Labute approximate surface area is 154 Å². The predicted octanol–water partition coefficient (Wildman–Crippen LogP) is 3.55. The van der Waals surface area contributed by atoms with Gasteiger partial charge in [-0.15, -0.1) is 0 Å². The maximum atomic E-state index is 12.4. The number of phenols is 1. The van der Waals surface area contributed by atoms with Crippen LogP contribution in [-0.4, -0.2) is 39.8 Å². The lowest BCUT2D eigenvalue weighted by molar-refractivity contribution is -0.125. The highest BCUT2D eigenvalue weighted by Crippen LogP contribution is 2.40. The summed E-state index contributed by atoms with van der Waals surface area (Å²) >= 11 is -1.28. The normalized spacial score (nSPS) is 21.1. The van der Waals surface area contributed by atoms with Crippen LogP contribution in [0.5, 0.6) is 5.75 Å². The van der Waals surface area contributed by atoms with E-state index in [9.17, 15) is 14.5 Å². The van der Waals surface area contributed by atoms with Crippen molar-refractivity contribution < 1.29 is 14.5 Å². The summed E-state index contributed by atoms with van der Waals surface area (Å²) in [6.07, 6.45) is 1.72. The summed E-state index contributed by atoms with van der Waals surface area (Å²) in [6.45, 7) is 12.8. The highest BCUT2D eigenvalue weighted by atomic mass is 32.2. The molecule has 1 fully saturated rings. The molecular weight excluding hydrogens is 334 g/mol. The molecule has 1 N–H and O–H groups in total. The van der Waals surface area contributed by atoms with E-state index >= 15 is 0 Å². The second kappa shape index (κ2) is 6.69. The zero-order chi connectivity index (χ0) is 19.2. The van der Waals surface area contributed by atoms with Crippen LogP contribution in [0.3, 0.4) is 0 Å². The molecule has 0 saturated carbocycles. The van der Waals surface area contributed by atoms with E-state index < -0.39 is 11.2 Å². The number of hydrogen-bond acceptors (Lipinski definition) is 3. The molecule has 1 aromatic rings. The summed E-state index contributed by atoms with van der Waals surface area (Å²) in [5.41, 5.74) is 1.97. The number of amides is 1. The van der Waals surface area contributed by atoms with Crippen molar-refractivity contribution in [3.8, 4) is 5.75 Å². The lowest BCUT2D eigenvalue weighted by Gasteiger charge is -2.28. The summed E-state index contributed by atoms with van der Waals surface area (Å²) in [5, 5.41) is 10.8. The molecule has 1 heterocycles. The van der Waals surface area contributed by atoms with Crippen LogP contribution in [0.4, 0.5) is 0 Å². The standard InChI is InChI=1S/C20H29NO3S/c1-19(2,3)14-10-13(11-15(17(14)22)20(4,5)6)12-16-18(23)21(7)8-9-25(16)24/h10-12,22H,8-9H2,1-7H3. The molecule has 138 valence electrons. The van der Waals surface area contributed by atoms with Gasteiger partial charge in [0.05, 0.1) is 6.54 Å². The van der Waals surface area contributed by atoms with Crippen LogP contribution in [0, 0.1) is 0 Å². The summed E-state index contributed by atoms with van der Waals surface area (Å²) in [7, 11) is 1.73.